The zero-order valence-corrected chi connectivity index (χ0v) is 18.7. The fourth-order valence-corrected chi connectivity index (χ4v) is 3.07. The second kappa shape index (κ2) is 10.6. The van der Waals surface area contributed by atoms with Crippen LogP contribution in [0.25, 0.3) is 0 Å². The normalized spacial score (nSPS) is 11.1. The van der Waals surface area contributed by atoms with E-state index in [4.69, 9.17) is 9.15 Å². The number of carbonyl (C=O) groups is 2. The van der Waals surface area contributed by atoms with Crippen LogP contribution in [0.1, 0.15) is 35.0 Å². The molecule has 0 aliphatic rings. The van der Waals surface area contributed by atoms with Crippen LogP contribution in [0.3, 0.4) is 0 Å². The summed E-state index contributed by atoms with van der Waals surface area (Å²) in [5.41, 5.74) is 5.61. The fourth-order valence-electron chi connectivity index (χ4n) is 2.77. The van der Waals surface area contributed by atoms with Crippen molar-refractivity contribution in [2.24, 2.45) is 5.10 Å². The molecule has 160 valence electrons. The molecular weight excluding hydrogens is 462 g/mol. The Morgan fingerprint density at radius 3 is 2.55 bits per heavy atom. The SMILES string of the molecule is COc1ccc(CCC(=O)NN=C(C)c2cccc(NC(=O)c3ccc(Br)o3)c2)cc1. The van der Waals surface area contributed by atoms with E-state index < -0.39 is 0 Å². The van der Waals surface area contributed by atoms with Crippen molar-refractivity contribution in [3.63, 3.8) is 0 Å². The largest absolute Gasteiger partial charge is 0.497 e. The van der Waals surface area contributed by atoms with Crippen LogP contribution in [-0.2, 0) is 11.2 Å². The Hall–Kier alpha value is -3.39. The second-order valence-corrected chi connectivity index (χ2v) is 7.50. The van der Waals surface area contributed by atoms with Gasteiger partial charge in [0.15, 0.2) is 10.4 Å². The van der Waals surface area contributed by atoms with E-state index in [1.165, 1.54) is 0 Å². The Kier molecular flexibility index (Phi) is 7.61. The molecule has 8 heteroatoms. The first-order valence-corrected chi connectivity index (χ1v) is 10.4. The molecular formula is C23H22BrN3O4. The number of carbonyl (C=O) groups excluding carboxylic acids is 2. The maximum Gasteiger partial charge on any atom is 0.291 e. The van der Waals surface area contributed by atoms with Gasteiger partial charge in [0.25, 0.3) is 5.91 Å². The van der Waals surface area contributed by atoms with E-state index in [1.807, 2.05) is 30.3 Å². The van der Waals surface area contributed by atoms with Gasteiger partial charge in [0.05, 0.1) is 12.8 Å². The fraction of sp³-hybridized carbons (Fsp3) is 0.174. The molecule has 1 aromatic heterocycles. The zero-order chi connectivity index (χ0) is 22.2. The van der Waals surface area contributed by atoms with Gasteiger partial charge in [-0.25, -0.2) is 5.43 Å². The van der Waals surface area contributed by atoms with Crippen LogP contribution in [0, 0.1) is 0 Å². The molecule has 7 nitrogen and oxygen atoms in total. The molecule has 0 spiro atoms. The number of anilines is 1. The highest BCUT2D eigenvalue weighted by Crippen LogP contribution is 2.17. The number of furan rings is 1. The van der Waals surface area contributed by atoms with E-state index >= 15 is 0 Å². The molecule has 0 unspecified atom stereocenters. The van der Waals surface area contributed by atoms with E-state index in [1.54, 1.807) is 44.4 Å². The minimum absolute atomic E-state index is 0.178. The summed E-state index contributed by atoms with van der Waals surface area (Å²) in [4.78, 5) is 24.4. The van der Waals surface area contributed by atoms with Crippen molar-refractivity contribution >= 4 is 39.1 Å². The smallest absolute Gasteiger partial charge is 0.291 e. The standard InChI is InChI=1S/C23H22BrN3O4/c1-15(26-27-22(28)13-8-16-6-9-19(30-2)10-7-16)17-4-3-5-18(14-17)25-23(29)20-11-12-21(24)31-20/h3-7,9-12,14H,8,13H2,1-2H3,(H,25,29)(H,27,28). The van der Waals surface area contributed by atoms with Crippen molar-refractivity contribution in [3.8, 4) is 5.75 Å². The molecule has 31 heavy (non-hydrogen) atoms. The van der Waals surface area contributed by atoms with E-state index in [0.29, 0.717) is 28.9 Å². The molecule has 0 atom stereocenters. The lowest BCUT2D eigenvalue weighted by Gasteiger charge is -2.07. The molecule has 3 aromatic rings. The van der Waals surface area contributed by atoms with E-state index in [-0.39, 0.29) is 17.6 Å². The molecule has 0 aliphatic carbocycles. The lowest BCUT2D eigenvalue weighted by atomic mass is 10.1. The number of methoxy groups -OCH3 is 1. The van der Waals surface area contributed by atoms with Crippen LogP contribution in [0.4, 0.5) is 5.69 Å². The van der Waals surface area contributed by atoms with E-state index in [0.717, 1.165) is 16.9 Å². The summed E-state index contributed by atoms with van der Waals surface area (Å²) >= 11 is 3.17. The van der Waals surface area contributed by atoms with Gasteiger partial charge in [0, 0.05) is 12.1 Å². The van der Waals surface area contributed by atoms with Gasteiger partial charge in [-0.05, 0) is 76.8 Å². The molecule has 0 bridgehead atoms. The summed E-state index contributed by atoms with van der Waals surface area (Å²) in [5.74, 6) is 0.447. The quantitative estimate of drug-likeness (QED) is 0.356. The van der Waals surface area contributed by atoms with Crippen molar-refractivity contribution in [1.29, 1.82) is 0 Å². The number of hydrazone groups is 1. The molecule has 0 saturated heterocycles. The number of hydrogen-bond acceptors (Lipinski definition) is 5. The predicted molar refractivity (Wildman–Crippen MR) is 122 cm³/mol. The number of nitrogens with zero attached hydrogens (tertiary/aromatic N) is 1. The second-order valence-electron chi connectivity index (χ2n) is 6.72. The minimum atomic E-state index is -0.357. The monoisotopic (exact) mass is 483 g/mol. The summed E-state index contributed by atoms with van der Waals surface area (Å²) in [6.07, 6.45) is 0.923. The van der Waals surface area contributed by atoms with Crippen LogP contribution in [0.5, 0.6) is 5.75 Å². The molecule has 0 radical (unpaired) electrons. The van der Waals surface area contributed by atoms with Gasteiger partial charge in [-0.15, -0.1) is 0 Å². The number of halogens is 1. The van der Waals surface area contributed by atoms with Crippen LogP contribution >= 0.6 is 15.9 Å². The van der Waals surface area contributed by atoms with E-state index in [2.05, 4.69) is 31.8 Å². The Labute approximate surface area is 188 Å². The Morgan fingerprint density at radius 1 is 1.10 bits per heavy atom. The average Bonchev–Trinajstić information content (AvgIpc) is 3.23. The highest BCUT2D eigenvalue weighted by molar-refractivity contribution is 9.10. The van der Waals surface area contributed by atoms with Gasteiger partial charge in [0.1, 0.15) is 5.75 Å². The third kappa shape index (κ3) is 6.55. The lowest BCUT2D eigenvalue weighted by Crippen LogP contribution is -2.19. The molecule has 1 heterocycles. The summed E-state index contributed by atoms with van der Waals surface area (Å²) in [7, 11) is 1.62. The van der Waals surface area contributed by atoms with Crippen molar-refractivity contribution in [3.05, 3.63) is 82.2 Å². The highest BCUT2D eigenvalue weighted by Gasteiger charge is 2.11. The van der Waals surface area contributed by atoms with Gasteiger partial charge in [-0.1, -0.05) is 24.3 Å². The van der Waals surface area contributed by atoms with Crippen LogP contribution in [-0.4, -0.2) is 24.6 Å². The zero-order valence-electron chi connectivity index (χ0n) is 17.1. The van der Waals surface area contributed by atoms with Gasteiger partial charge in [-0.2, -0.15) is 5.10 Å². The number of nitrogens with one attached hydrogen (secondary N) is 2. The summed E-state index contributed by atoms with van der Waals surface area (Å²) in [6, 6.07) is 18.0. The maximum atomic E-state index is 12.2. The number of aryl methyl sites for hydroxylation is 1. The van der Waals surface area contributed by atoms with Crippen molar-refractivity contribution in [2.75, 3.05) is 12.4 Å². The van der Waals surface area contributed by atoms with Crippen molar-refractivity contribution in [2.45, 2.75) is 19.8 Å². The molecule has 2 N–H and O–H groups in total. The van der Waals surface area contributed by atoms with Gasteiger partial charge < -0.3 is 14.5 Å². The number of rotatable bonds is 8. The lowest BCUT2D eigenvalue weighted by molar-refractivity contribution is -0.121. The maximum absolute atomic E-state index is 12.2. The third-order valence-corrected chi connectivity index (χ3v) is 4.91. The first kappa shape index (κ1) is 22.3. The topological polar surface area (TPSA) is 92.9 Å². The van der Waals surface area contributed by atoms with Crippen LogP contribution in [0.2, 0.25) is 0 Å². The van der Waals surface area contributed by atoms with Crippen molar-refractivity contribution < 1.29 is 18.7 Å². The molecule has 2 amide bonds. The average molecular weight is 484 g/mol. The predicted octanol–water partition coefficient (Wildman–Crippen LogP) is 4.78. The van der Waals surface area contributed by atoms with Crippen molar-refractivity contribution in [1.82, 2.24) is 5.43 Å². The molecule has 0 aliphatic heterocycles. The number of amides is 2. The highest BCUT2D eigenvalue weighted by atomic mass is 79.9. The van der Waals surface area contributed by atoms with Gasteiger partial charge >= 0.3 is 0 Å². The number of benzene rings is 2. The Bertz CT molecular complexity index is 1090. The summed E-state index contributed by atoms with van der Waals surface area (Å²) in [5, 5.41) is 6.95. The van der Waals surface area contributed by atoms with Crippen LogP contribution in [0.15, 0.2) is 74.9 Å². The van der Waals surface area contributed by atoms with Gasteiger partial charge in [0.2, 0.25) is 5.91 Å². The number of hydrogen-bond donors (Lipinski definition) is 2. The molecule has 0 saturated carbocycles. The number of ether oxygens (including phenoxy) is 1. The summed E-state index contributed by atoms with van der Waals surface area (Å²) in [6.45, 7) is 1.79. The Morgan fingerprint density at radius 2 is 1.87 bits per heavy atom. The molecule has 2 aromatic carbocycles. The first-order valence-electron chi connectivity index (χ1n) is 9.58. The van der Waals surface area contributed by atoms with Gasteiger partial charge in [-0.3, -0.25) is 9.59 Å². The third-order valence-electron chi connectivity index (χ3n) is 4.48. The summed E-state index contributed by atoms with van der Waals surface area (Å²) < 4.78 is 10.9. The Balaban J connectivity index is 1.54. The molecule has 0 fully saturated rings. The first-order chi connectivity index (χ1) is 14.9. The molecule has 3 rings (SSSR count). The van der Waals surface area contributed by atoms with Crippen LogP contribution < -0.4 is 15.5 Å². The van der Waals surface area contributed by atoms with E-state index in [9.17, 15) is 9.59 Å². The minimum Gasteiger partial charge on any atom is -0.497 e.